The van der Waals surface area contributed by atoms with Crippen molar-refractivity contribution >= 4 is 68.9 Å². The Morgan fingerprint density at radius 3 is 1.29 bits per heavy atom. The Balaban J connectivity index is 0.000000182. The number of pyridine rings is 1. The molecule has 1 N–H and O–H groups in total. The molecule has 1 radical (unpaired) electrons. The second kappa shape index (κ2) is 23.6. The number of hydrogen-bond donors (Lipinski definition) is 1. The predicted molar refractivity (Wildman–Crippen MR) is 277 cm³/mol. The maximum absolute atomic E-state index is 13.8. The third-order valence-corrected chi connectivity index (χ3v) is 17.5. The van der Waals surface area contributed by atoms with Crippen molar-refractivity contribution in [3.05, 3.63) is 258 Å². The molecule has 0 bridgehead atoms. The minimum absolute atomic E-state index is 0. The van der Waals surface area contributed by atoms with Crippen molar-refractivity contribution in [1.29, 1.82) is 0 Å². The molecular formula is C57H47EuF3N2O5P2. The third-order valence-electron chi connectivity index (χ3n) is 11.3. The van der Waals surface area contributed by atoms with Crippen LogP contribution in [0.2, 0.25) is 0 Å². The molecule has 7 nitrogen and oxygen atoms in total. The smallest absolute Gasteiger partial charge is 0.455 e. The predicted octanol–water partition coefficient (Wildman–Crippen LogP) is 12.1. The van der Waals surface area contributed by atoms with Crippen molar-refractivity contribution in [2.24, 2.45) is 0 Å². The van der Waals surface area contributed by atoms with E-state index in [4.69, 9.17) is 0 Å². The molecule has 0 aliphatic carbocycles. The van der Waals surface area contributed by atoms with Gasteiger partial charge in [-0.2, -0.15) is 13.2 Å². The summed E-state index contributed by atoms with van der Waals surface area (Å²) < 4.78 is 67.6. The summed E-state index contributed by atoms with van der Waals surface area (Å²) in [5, 5.41) is 15.5. The Morgan fingerprint density at radius 1 is 0.557 bits per heavy atom. The van der Waals surface area contributed by atoms with Crippen molar-refractivity contribution < 1.29 is 81.6 Å². The number of anilines is 2. The van der Waals surface area contributed by atoms with Gasteiger partial charge in [-0.3, -0.25) is 14.2 Å². The Hall–Kier alpha value is -6.19. The van der Waals surface area contributed by atoms with E-state index in [2.05, 4.69) is 6.58 Å². The molecule has 1 aromatic heterocycles. The summed E-state index contributed by atoms with van der Waals surface area (Å²) in [5.41, 5.74) is -0.660. The van der Waals surface area contributed by atoms with Gasteiger partial charge < -0.3 is 19.1 Å². The standard InChI is InChI=1S/C24H17F3N2O3.C18H15OP.C15H15OP.Eu/c1-28(15-8-4-2-5-9-15)17-12-13-18-19(14-17)29(16-10-6-3-7-11-16)23(32)20(21(18)30)22(31)24(25,26)27;19-20(16-10-4-1-5-11-16,17-12-6-2-7-13-17)18-14-8-3-9-15-18;1-13(2)17(16,14-9-5-3-6-10-14)15-11-7-4-8-12-15;/h2-14,30H,1H3;1-15H;3-12H,1H2,2H3;. The van der Waals surface area contributed by atoms with Gasteiger partial charge in [0, 0.05) is 105 Å². The van der Waals surface area contributed by atoms with Crippen LogP contribution >= 0.6 is 14.3 Å². The van der Waals surface area contributed by atoms with E-state index in [1.54, 1.807) is 37.4 Å². The first-order valence-electron chi connectivity index (χ1n) is 21.7. The average Bonchev–Trinajstić information content (AvgIpc) is 3.39. The molecule has 0 unspecified atom stereocenters. The van der Waals surface area contributed by atoms with Gasteiger partial charge in [-0.25, -0.2) is 0 Å². The molecule has 353 valence electrons. The third kappa shape index (κ3) is 11.5. The fourth-order valence-electron chi connectivity index (χ4n) is 7.78. The number of carbonyl (C=O) groups is 1. The molecular weight excluding hydrogens is 1060 g/mol. The summed E-state index contributed by atoms with van der Waals surface area (Å²) in [6.07, 6.45) is -5.31. The van der Waals surface area contributed by atoms with Gasteiger partial charge in [0.05, 0.1) is 5.52 Å². The van der Waals surface area contributed by atoms with Crippen LogP contribution in [-0.4, -0.2) is 28.7 Å². The molecule has 0 atom stereocenters. The number of Topliss-reactive ketones (excluding diaryl/α,β-unsaturated/α-hetero) is 1. The molecule has 0 fully saturated rings. The van der Waals surface area contributed by atoms with E-state index in [0.29, 0.717) is 5.69 Å². The van der Waals surface area contributed by atoms with Crippen LogP contribution < -0.4 is 37.0 Å². The number of alkyl halides is 3. The van der Waals surface area contributed by atoms with E-state index >= 15 is 0 Å². The van der Waals surface area contributed by atoms with Crippen LogP contribution in [0.1, 0.15) is 17.3 Å². The summed E-state index contributed by atoms with van der Waals surface area (Å²) in [5.74, 6) is -3.38. The first-order chi connectivity index (χ1) is 33.2. The zero-order valence-corrected chi connectivity index (χ0v) is 42.2. The number of allylic oxidation sites excluding steroid dienone is 1. The minimum Gasteiger partial charge on any atom is -0.506 e. The van der Waals surface area contributed by atoms with Gasteiger partial charge in [0.2, 0.25) is 0 Å². The number of nitrogens with zero attached hydrogens (tertiary/aromatic N) is 2. The van der Waals surface area contributed by atoms with E-state index in [1.807, 2.05) is 194 Å². The SMILES string of the molecule is C=C(C)P(=O)(c1ccccc1)c1ccccc1.CN(c1ccccc1)c1ccc2c(O)c(C(=O)C(F)(F)F)c(=O)n(-c3ccccc3)c2c1.O=P(c1ccccc1)(c1ccccc1)c1ccccc1.[Eu]. The molecule has 70 heavy (non-hydrogen) atoms. The first-order valence-corrected chi connectivity index (χ1v) is 25.1. The number of rotatable bonds is 10. The summed E-state index contributed by atoms with van der Waals surface area (Å²) in [7, 11) is -3.67. The van der Waals surface area contributed by atoms with Gasteiger partial charge in [-0.05, 0) is 54.7 Å². The molecule has 0 saturated carbocycles. The van der Waals surface area contributed by atoms with Crippen LogP contribution in [0.4, 0.5) is 24.5 Å². The van der Waals surface area contributed by atoms with Gasteiger partial charge >= 0.3 is 6.18 Å². The zero-order valence-electron chi connectivity index (χ0n) is 38.0. The Bertz CT molecular complexity index is 3200. The molecule has 9 aromatic rings. The van der Waals surface area contributed by atoms with Crippen LogP contribution in [0.3, 0.4) is 0 Å². The Kier molecular flexibility index (Phi) is 17.9. The maximum atomic E-state index is 13.8. The molecule has 0 spiro atoms. The Labute approximate surface area is 445 Å². The van der Waals surface area contributed by atoms with Crippen LogP contribution in [0.5, 0.6) is 5.75 Å². The number of aromatic nitrogens is 1. The van der Waals surface area contributed by atoms with E-state index < -0.39 is 43.1 Å². The second-order valence-corrected chi connectivity index (χ2v) is 21.5. The maximum Gasteiger partial charge on any atom is 0.455 e. The largest absolute Gasteiger partial charge is 0.506 e. The summed E-state index contributed by atoms with van der Waals surface area (Å²) in [4.78, 5) is 26.9. The zero-order chi connectivity index (χ0) is 49.2. The molecule has 0 aliphatic heterocycles. The number of para-hydroxylation sites is 2. The van der Waals surface area contributed by atoms with Gasteiger partial charge in [0.1, 0.15) is 11.3 Å². The number of aromatic hydroxyl groups is 1. The van der Waals surface area contributed by atoms with Gasteiger partial charge in [-0.15, -0.1) is 0 Å². The topological polar surface area (TPSA) is 96.7 Å². The number of halogens is 3. The number of hydrogen-bond acceptors (Lipinski definition) is 6. The van der Waals surface area contributed by atoms with Crippen molar-refractivity contribution in [2.45, 2.75) is 13.1 Å². The van der Waals surface area contributed by atoms with Crippen molar-refractivity contribution in [3.8, 4) is 11.4 Å². The molecule has 0 aliphatic rings. The van der Waals surface area contributed by atoms with E-state index in [9.17, 15) is 37.0 Å². The summed E-state index contributed by atoms with van der Waals surface area (Å²) >= 11 is 0. The fourth-order valence-corrected chi connectivity index (χ4v) is 12.8. The number of carbonyl (C=O) groups excluding carboxylic acids is 1. The van der Waals surface area contributed by atoms with Gasteiger partial charge in [-0.1, -0.05) is 195 Å². The van der Waals surface area contributed by atoms with Gasteiger partial charge in [0.25, 0.3) is 11.3 Å². The summed E-state index contributed by atoms with van der Waals surface area (Å²) in [6, 6.07) is 70.1. The molecule has 9 rings (SSSR count). The minimum atomic E-state index is -5.31. The van der Waals surface area contributed by atoms with Crippen molar-refractivity contribution in [3.63, 3.8) is 0 Å². The van der Waals surface area contributed by atoms with E-state index in [-0.39, 0.29) is 66.0 Å². The average molecular weight is 1110 g/mol. The number of ketones is 1. The van der Waals surface area contributed by atoms with Crippen LogP contribution in [0.15, 0.2) is 247 Å². The van der Waals surface area contributed by atoms with Gasteiger partial charge in [0.15, 0.2) is 14.3 Å². The van der Waals surface area contributed by atoms with E-state index in [1.165, 1.54) is 18.2 Å². The van der Waals surface area contributed by atoms with Crippen molar-refractivity contribution in [1.82, 2.24) is 4.57 Å². The normalized spacial score (nSPS) is 11.2. The monoisotopic (exact) mass is 1110 g/mol. The molecule has 0 amide bonds. The quantitative estimate of drug-likeness (QED) is 0.108. The fraction of sp³-hybridized carbons (Fsp3) is 0.0526. The van der Waals surface area contributed by atoms with Crippen LogP contribution in [0, 0.1) is 49.4 Å². The molecule has 0 saturated heterocycles. The number of benzene rings is 8. The van der Waals surface area contributed by atoms with E-state index in [0.717, 1.165) is 42.1 Å². The van der Waals surface area contributed by atoms with Crippen molar-refractivity contribution in [2.75, 3.05) is 11.9 Å². The first kappa shape index (κ1) is 53.2. The molecule has 13 heteroatoms. The summed E-state index contributed by atoms with van der Waals surface area (Å²) in [6.45, 7) is 5.75. The second-order valence-electron chi connectivity index (χ2n) is 15.8. The molecule has 8 aromatic carbocycles. The van der Waals surface area contributed by atoms with Crippen LogP contribution in [-0.2, 0) is 9.13 Å². The molecule has 1 heterocycles. The van der Waals surface area contributed by atoms with Crippen LogP contribution in [0.25, 0.3) is 16.6 Å². The number of fused-ring (bicyclic) bond motifs is 1. The Morgan fingerprint density at radius 2 is 0.914 bits per heavy atom.